The Morgan fingerprint density at radius 3 is 2.78 bits per heavy atom. The Morgan fingerprint density at radius 2 is 2.09 bits per heavy atom. The molecule has 23 heavy (non-hydrogen) atoms. The molecule has 0 aromatic heterocycles. The fourth-order valence-electron chi connectivity index (χ4n) is 2.95. The standard InChI is InChI=1S/C18H38N4O/c1-5-6-12-23-13-8-10-20-18(19-4)21-14-17(3)22-11-7-9-16(2)15-22/h16-17H,5-15H2,1-4H3,(H2,19,20,21). The molecule has 2 atom stereocenters. The Bertz CT molecular complexity index is 322. The Morgan fingerprint density at radius 1 is 1.30 bits per heavy atom. The normalized spacial score (nSPS) is 21.2. The van der Waals surface area contributed by atoms with E-state index in [0.717, 1.165) is 51.0 Å². The number of nitrogens with zero attached hydrogens (tertiary/aromatic N) is 2. The molecule has 2 unspecified atom stereocenters. The molecular formula is C18H38N4O. The molecule has 2 N–H and O–H groups in total. The molecule has 0 amide bonds. The van der Waals surface area contributed by atoms with Crippen molar-refractivity contribution in [3.63, 3.8) is 0 Å². The summed E-state index contributed by atoms with van der Waals surface area (Å²) in [6.45, 7) is 12.9. The monoisotopic (exact) mass is 326 g/mol. The second-order valence-electron chi connectivity index (χ2n) is 6.79. The zero-order valence-electron chi connectivity index (χ0n) is 15.7. The summed E-state index contributed by atoms with van der Waals surface area (Å²) in [6, 6.07) is 0.550. The summed E-state index contributed by atoms with van der Waals surface area (Å²) in [6.07, 6.45) is 6.08. The molecule has 0 saturated carbocycles. The van der Waals surface area contributed by atoms with Crippen molar-refractivity contribution in [1.29, 1.82) is 0 Å². The van der Waals surface area contributed by atoms with E-state index in [0.29, 0.717) is 6.04 Å². The van der Waals surface area contributed by atoms with Crippen LogP contribution in [0.3, 0.4) is 0 Å². The van der Waals surface area contributed by atoms with Gasteiger partial charge in [-0.3, -0.25) is 9.89 Å². The number of piperidine rings is 1. The van der Waals surface area contributed by atoms with E-state index in [1.165, 1.54) is 32.4 Å². The van der Waals surface area contributed by atoms with Crippen molar-refractivity contribution in [3.8, 4) is 0 Å². The van der Waals surface area contributed by atoms with Crippen molar-refractivity contribution in [1.82, 2.24) is 15.5 Å². The van der Waals surface area contributed by atoms with Gasteiger partial charge >= 0.3 is 0 Å². The maximum absolute atomic E-state index is 5.57. The summed E-state index contributed by atoms with van der Waals surface area (Å²) < 4.78 is 5.57. The highest BCUT2D eigenvalue weighted by Gasteiger charge is 2.20. The van der Waals surface area contributed by atoms with Crippen LogP contribution in [0.5, 0.6) is 0 Å². The summed E-state index contributed by atoms with van der Waals surface area (Å²) in [5.74, 6) is 1.73. The molecule has 1 aliphatic rings. The SMILES string of the molecule is CCCCOCCCNC(=NC)NCC(C)N1CCCC(C)C1. The third-order valence-corrected chi connectivity index (χ3v) is 4.50. The lowest BCUT2D eigenvalue weighted by Crippen LogP contribution is -2.48. The van der Waals surface area contributed by atoms with Crippen LogP contribution in [0.15, 0.2) is 4.99 Å². The lowest BCUT2D eigenvalue weighted by Gasteiger charge is -2.35. The van der Waals surface area contributed by atoms with Crippen LogP contribution < -0.4 is 10.6 Å². The number of rotatable bonds is 10. The van der Waals surface area contributed by atoms with E-state index in [2.05, 4.69) is 41.3 Å². The van der Waals surface area contributed by atoms with Crippen LogP contribution in [0.4, 0.5) is 0 Å². The van der Waals surface area contributed by atoms with E-state index in [1.54, 1.807) is 0 Å². The minimum absolute atomic E-state index is 0.550. The van der Waals surface area contributed by atoms with E-state index in [1.807, 2.05) is 7.05 Å². The molecule has 5 nitrogen and oxygen atoms in total. The van der Waals surface area contributed by atoms with E-state index < -0.39 is 0 Å². The second-order valence-corrected chi connectivity index (χ2v) is 6.79. The highest BCUT2D eigenvalue weighted by molar-refractivity contribution is 5.79. The minimum atomic E-state index is 0.550. The van der Waals surface area contributed by atoms with E-state index in [-0.39, 0.29) is 0 Å². The summed E-state index contributed by atoms with van der Waals surface area (Å²) >= 11 is 0. The van der Waals surface area contributed by atoms with Gasteiger partial charge in [0.2, 0.25) is 0 Å². The van der Waals surface area contributed by atoms with E-state index in [4.69, 9.17) is 4.74 Å². The molecule has 0 bridgehead atoms. The van der Waals surface area contributed by atoms with Crippen LogP contribution in [0.2, 0.25) is 0 Å². The van der Waals surface area contributed by atoms with Gasteiger partial charge in [-0.15, -0.1) is 0 Å². The second kappa shape index (κ2) is 12.6. The highest BCUT2D eigenvalue weighted by Crippen LogP contribution is 2.17. The molecule has 0 spiro atoms. The molecule has 136 valence electrons. The molecular weight excluding hydrogens is 288 g/mol. The van der Waals surface area contributed by atoms with Crippen LogP contribution in [-0.2, 0) is 4.74 Å². The fraction of sp³-hybridized carbons (Fsp3) is 0.944. The largest absolute Gasteiger partial charge is 0.381 e. The summed E-state index contributed by atoms with van der Waals surface area (Å²) in [7, 11) is 1.83. The first-order valence-electron chi connectivity index (χ1n) is 9.43. The third-order valence-electron chi connectivity index (χ3n) is 4.50. The van der Waals surface area contributed by atoms with Gasteiger partial charge in [0.15, 0.2) is 5.96 Å². The molecule has 1 rings (SSSR count). The number of hydrogen-bond acceptors (Lipinski definition) is 3. The van der Waals surface area contributed by atoms with Crippen LogP contribution in [-0.4, -0.2) is 63.3 Å². The van der Waals surface area contributed by atoms with Crippen molar-refractivity contribution in [3.05, 3.63) is 0 Å². The van der Waals surface area contributed by atoms with Gasteiger partial charge in [0.1, 0.15) is 0 Å². The first-order chi connectivity index (χ1) is 11.2. The lowest BCUT2D eigenvalue weighted by atomic mass is 9.99. The Hall–Kier alpha value is -0.810. The van der Waals surface area contributed by atoms with Gasteiger partial charge in [-0.2, -0.15) is 0 Å². The molecule has 0 aromatic rings. The molecule has 1 saturated heterocycles. The van der Waals surface area contributed by atoms with Crippen molar-refractivity contribution in [2.45, 2.75) is 58.9 Å². The zero-order valence-corrected chi connectivity index (χ0v) is 15.7. The van der Waals surface area contributed by atoms with Gasteiger partial charge in [-0.25, -0.2) is 0 Å². The number of guanidine groups is 1. The smallest absolute Gasteiger partial charge is 0.191 e. The molecule has 0 aliphatic carbocycles. The Balaban J connectivity index is 2.11. The average molecular weight is 327 g/mol. The van der Waals surface area contributed by atoms with Crippen molar-refractivity contribution >= 4 is 5.96 Å². The van der Waals surface area contributed by atoms with Gasteiger partial charge in [0, 0.05) is 45.9 Å². The predicted octanol–water partition coefficient (Wildman–Crippen LogP) is 2.48. The topological polar surface area (TPSA) is 48.9 Å². The van der Waals surface area contributed by atoms with Crippen LogP contribution in [0, 0.1) is 5.92 Å². The van der Waals surface area contributed by atoms with Gasteiger partial charge in [0.25, 0.3) is 0 Å². The average Bonchev–Trinajstić information content (AvgIpc) is 2.56. The molecule has 0 aromatic carbocycles. The van der Waals surface area contributed by atoms with E-state index in [9.17, 15) is 0 Å². The first-order valence-corrected chi connectivity index (χ1v) is 9.43. The first kappa shape index (κ1) is 20.2. The number of aliphatic imine (C=N–C) groups is 1. The maximum atomic E-state index is 5.57. The minimum Gasteiger partial charge on any atom is -0.381 e. The maximum Gasteiger partial charge on any atom is 0.191 e. The van der Waals surface area contributed by atoms with Crippen molar-refractivity contribution < 1.29 is 4.74 Å². The predicted molar refractivity (Wildman–Crippen MR) is 99.1 cm³/mol. The third kappa shape index (κ3) is 9.16. The molecule has 0 radical (unpaired) electrons. The number of ether oxygens (including phenoxy) is 1. The molecule has 5 heteroatoms. The summed E-state index contributed by atoms with van der Waals surface area (Å²) in [5, 5.41) is 6.82. The highest BCUT2D eigenvalue weighted by atomic mass is 16.5. The fourth-order valence-corrected chi connectivity index (χ4v) is 2.95. The zero-order chi connectivity index (χ0) is 16.9. The van der Waals surface area contributed by atoms with Crippen LogP contribution in [0.25, 0.3) is 0 Å². The van der Waals surface area contributed by atoms with Crippen molar-refractivity contribution in [2.24, 2.45) is 10.9 Å². The van der Waals surface area contributed by atoms with Gasteiger partial charge < -0.3 is 15.4 Å². The van der Waals surface area contributed by atoms with Crippen molar-refractivity contribution in [2.75, 3.05) is 46.4 Å². The quantitative estimate of drug-likeness (QED) is 0.368. The van der Waals surface area contributed by atoms with E-state index >= 15 is 0 Å². The lowest BCUT2D eigenvalue weighted by molar-refractivity contribution is 0.129. The molecule has 1 fully saturated rings. The number of nitrogens with one attached hydrogen (secondary N) is 2. The molecule has 1 heterocycles. The molecule has 1 aliphatic heterocycles. The van der Waals surface area contributed by atoms with Gasteiger partial charge in [-0.1, -0.05) is 20.3 Å². The Kier molecular flexibility index (Phi) is 11.1. The van der Waals surface area contributed by atoms with Crippen LogP contribution >= 0.6 is 0 Å². The number of unbranched alkanes of at least 4 members (excludes halogenated alkanes) is 1. The van der Waals surface area contributed by atoms with Crippen LogP contribution in [0.1, 0.15) is 52.9 Å². The number of likely N-dealkylation sites (tertiary alicyclic amines) is 1. The summed E-state index contributed by atoms with van der Waals surface area (Å²) in [4.78, 5) is 6.90. The summed E-state index contributed by atoms with van der Waals surface area (Å²) in [5.41, 5.74) is 0. The van der Waals surface area contributed by atoms with Gasteiger partial charge in [0.05, 0.1) is 0 Å². The number of hydrogen-bond donors (Lipinski definition) is 2. The van der Waals surface area contributed by atoms with Gasteiger partial charge in [-0.05, 0) is 45.1 Å². The Labute approximate surface area is 143 Å².